The van der Waals surface area contributed by atoms with E-state index in [1.165, 1.54) is 16.2 Å². The van der Waals surface area contributed by atoms with Gasteiger partial charge in [-0.05, 0) is 49.5 Å². The molecule has 0 spiro atoms. The van der Waals surface area contributed by atoms with Crippen LogP contribution >= 0.6 is 0 Å². The van der Waals surface area contributed by atoms with Crippen molar-refractivity contribution >= 4 is 32.3 Å². The number of benzene rings is 4. The van der Waals surface area contributed by atoms with Crippen LogP contribution < -0.4 is 0 Å². The first kappa shape index (κ1) is 13.3. The summed E-state index contributed by atoms with van der Waals surface area (Å²) in [6, 6.07) is 20.7. The zero-order chi connectivity index (χ0) is 15.1. The summed E-state index contributed by atoms with van der Waals surface area (Å²) < 4.78 is 0. The Labute approximate surface area is 128 Å². The molecular weight excluding hydrogens is 272 g/mol. The highest BCUT2D eigenvalue weighted by Crippen LogP contribution is 2.33. The van der Waals surface area contributed by atoms with Crippen LogP contribution in [-0.2, 0) is 13.2 Å². The minimum absolute atomic E-state index is 0.0209. The lowest BCUT2D eigenvalue weighted by molar-refractivity contribution is 0.276. The maximum atomic E-state index is 9.62. The van der Waals surface area contributed by atoms with Crippen molar-refractivity contribution < 1.29 is 10.2 Å². The quantitative estimate of drug-likeness (QED) is 0.544. The molecule has 0 amide bonds. The van der Waals surface area contributed by atoms with Crippen molar-refractivity contribution in [2.45, 2.75) is 13.2 Å². The number of fused-ring (bicyclic) bond motifs is 5. The number of aliphatic hydroxyl groups is 2. The molecule has 0 saturated carbocycles. The van der Waals surface area contributed by atoms with E-state index in [4.69, 9.17) is 0 Å². The smallest absolute Gasteiger partial charge is 0.0687 e. The highest BCUT2D eigenvalue weighted by molar-refractivity contribution is 6.17. The van der Waals surface area contributed by atoms with Gasteiger partial charge in [-0.25, -0.2) is 0 Å². The second-order valence-corrected chi connectivity index (χ2v) is 5.61. The Morgan fingerprint density at radius 2 is 1.32 bits per heavy atom. The van der Waals surface area contributed by atoms with Crippen molar-refractivity contribution in [2.75, 3.05) is 0 Å². The van der Waals surface area contributed by atoms with Crippen molar-refractivity contribution in [3.8, 4) is 0 Å². The summed E-state index contributed by atoms with van der Waals surface area (Å²) in [7, 11) is 0. The molecule has 0 saturated heterocycles. The second-order valence-electron chi connectivity index (χ2n) is 5.61. The number of rotatable bonds is 2. The molecule has 2 nitrogen and oxygen atoms in total. The molecule has 4 aromatic rings. The fourth-order valence-electron chi connectivity index (χ4n) is 3.30. The van der Waals surface area contributed by atoms with Gasteiger partial charge in [-0.2, -0.15) is 0 Å². The van der Waals surface area contributed by atoms with E-state index in [1.807, 2.05) is 18.2 Å². The van der Waals surface area contributed by atoms with Gasteiger partial charge in [-0.15, -0.1) is 0 Å². The second kappa shape index (κ2) is 5.09. The largest absolute Gasteiger partial charge is 0.392 e. The molecular formula is C20H16O2. The molecule has 0 aliphatic heterocycles. The van der Waals surface area contributed by atoms with Gasteiger partial charge in [0.15, 0.2) is 0 Å². The van der Waals surface area contributed by atoms with Crippen LogP contribution in [0.25, 0.3) is 32.3 Å². The molecule has 2 heteroatoms. The first-order valence-corrected chi connectivity index (χ1v) is 7.39. The van der Waals surface area contributed by atoms with E-state index < -0.39 is 0 Å². The first-order valence-electron chi connectivity index (χ1n) is 7.39. The average Bonchev–Trinajstić information content (AvgIpc) is 2.60. The highest BCUT2D eigenvalue weighted by Gasteiger charge is 2.08. The Kier molecular flexibility index (Phi) is 3.07. The molecule has 108 valence electrons. The summed E-state index contributed by atoms with van der Waals surface area (Å²) in [4.78, 5) is 0. The molecule has 4 rings (SSSR count). The third kappa shape index (κ3) is 1.89. The maximum Gasteiger partial charge on any atom is 0.0687 e. The summed E-state index contributed by atoms with van der Waals surface area (Å²) in [5.41, 5.74) is 1.69. The normalized spacial score (nSPS) is 11.5. The fraction of sp³-hybridized carbons (Fsp3) is 0.100. The van der Waals surface area contributed by atoms with Gasteiger partial charge in [0.05, 0.1) is 13.2 Å². The average molecular weight is 288 g/mol. The predicted octanol–water partition coefficient (Wildman–Crippen LogP) is 4.13. The maximum absolute atomic E-state index is 9.62. The van der Waals surface area contributed by atoms with Crippen LogP contribution in [0.3, 0.4) is 0 Å². The first-order chi connectivity index (χ1) is 10.8. The Balaban J connectivity index is 2.21. The topological polar surface area (TPSA) is 40.5 Å². The third-order valence-electron chi connectivity index (χ3n) is 4.36. The number of aliphatic hydroxyl groups excluding tert-OH is 2. The number of hydrogen-bond donors (Lipinski definition) is 2. The van der Waals surface area contributed by atoms with Gasteiger partial charge in [-0.1, -0.05) is 54.6 Å². The van der Waals surface area contributed by atoms with E-state index >= 15 is 0 Å². The molecule has 0 radical (unpaired) electrons. The van der Waals surface area contributed by atoms with E-state index in [1.54, 1.807) is 0 Å². The van der Waals surface area contributed by atoms with E-state index in [-0.39, 0.29) is 13.2 Å². The zero-order valence-electron chi connectivity index (χ0n) is 12.1. The van der Waals surface area contributed by atoms with Gasteiger partial charge >= 0.3 is 0 Å². The third-order valence-corrected chi connectivity index (χ3v) is 4.36. The minimum atomic E-state index is -0.0244. The number of hydrogen-bond acceptors (Lipinski definition) is 2. The van der Waals surface area contributed by atoms with Gasteiger partial charge in [0.2, 0.25) is 0 Å². The van der Waals surface area contributed by atoms with Crippen LogP contribution in [0.2, 0.25) is 0 Å². The molecule has 0 fully saturated rings. The van der Waals surface area contributed by atoms with Crippen molar-refractivity contribution in [1.82, 2.24) is 0 Å². The van der Waals surface area contributed by atoms with Crippen LogP contribution in [0.5, 0.6) is 0 Å². The Hall–Kier alpha value is -2.42. The van der Waals surface area contributed by atoms with Crippen molar-refractivity contribution in [3.63, 3.8) is 0 Å². The molecule has 0 aliphatic carbocycles. The van der Waals surface area contributed by atoms with Gasteiger partial charge in [0, 0.05) is 0 Å². The summed E-state index contributed by atoms with van der Waals surface area (Å²) in [6.07, 6.45) is 0. The SMILES string of the molecule is OCc1cc(CO)c2ccc3c4ccccc4ccc3c2c1. The molecule has 0 aliphatic rings. The van der Waals surface area contributed by atoms with Crippen LogP contribution in [-0.4, -0.2) is 10.2 Å². The molecule has 0 atom stereocenters. The Morgan fingerprint density at radius 1 is 0.591 bits per heavy atom. The predicted molar refractivity (Wildman–Crippen MR) is 90.8 cm³/mol. The van der Waals surface area contributed by atoms with Crippen LogP contribution in [0.15, 0.2) is 60.7 Å². The molecule has 0 heterocycles. The van der Waals surface area contributed by atoms with E-state index in [0.717, 1.165) is 27.3 Å². The Morgan fingerprint density at radius 3 is 2.14 bits per heavy atom. The minimum Gasteiger partial charge on any atom is -0.392 e. The molecule has 22 heavy (non-hydrogen) atoms. The van der Waals surface area contributed by atoms with Crippen LogP contribution in [0.4, 0.5) is 0 Å². The molecule has 0 bridgehead atoms. The highest BCUT2D eigenvalue weighted by atomic mass is 16.3. The van der Waals surface area contributed by atoms with Crippen molar-refractivity contribution in [1.29, 1.82) is 0 Å². The lowest BCUT2D eigenvalue weighted by atomic mass is 9.94. The van der Waals surface area contributed by atoms with Crippen molar-refractivity contribution in [2.24, 2.45) is 0 Å². The monoisotopic (exact) mass is 288 g/mol. The summed E-state index contributed by atoms with van der Waals surface area (Å²) in [6.45, 7) is -0.0453. The van der Waals surface area contributed by atoms with E-state index in [9.17, 15) is 10.2 Å². The summed E-state index contributed by atoms with van der Waals surface area (Å²) in [5, 5.41) is 26.0. The summed E-state index contributed by atoms with van der Waals surface area (Å²) in [5.74, 6) is 0. The van der Waals surface area contributed by atoms with Gasteiger partial charge in [-0.3, -0.25) is 0 Å². The van der Waals surface area contributed by atoms with Crippen molar-refractivity contribution in [3.05, 3.63) is 71.8 Å². The van der Waals surface area contributed by atoms with E-state index in [0.29, 0.717) is 0 Å². The lowest BCUT2D eigenvalue weighted by Gasteiger charge is -2.11. The molecule has 0 unspecified atom stereocenters. The van der Waals surface area contributed by atoms with Gasteiger partial charge in [0.1, 0.15) is 0 Å². The lowest BCUT2D eigenvalue weighted by Crippen LogP contribution is -1.92. The fourth-order valence-corrected chi connectivity index (χ4v) is 3.30. The molecule has 0 aromatic heterocycles. The van der Waals surface area contributed by atoms with Gasteiger partial charge in [0.25, 0.3) is 0 Å². The van der Waals surface area contributed by atoms with Crippen LogP contribution in [0.1, 0.15) is 11.1 Å². The molecule has 2 N–H and O–H groups in total. The van der Waals surface area contributed by atoms with Crippen LogP contribution in [0, 0.1) is 0 Å². The Bertz CT molecular complexity index is 1000. The standard InChI is InChI=1S/C20H16O2/c21-11-13-9-15(12-22)17-7-8-18-16-4-2-1-3-14(16)5-6-19(18)20(17)10-13/h1-10,21-22H,11-12H2. The van der Waals surface area contributed by atoms with Gasteiger partial charge < -0.3 is 10.2 Å². The van der Waals surface area contributed by atoms with E-state index in [2.05, 4.69) is 42.5 Å². The summed E-state index contributed by atoms with van der Waals surface area (Å²) >= 11 is 0. The zero-order valence-corrected chi connectivity index (χ0v) is 12.1. The molecule has 4 aromatic carbocycles.